The first-order valence-corrected chi connectivity index (χ1v) is 7.24. The van der Waals surface area contributed by atoms with Crippen molar-refractivity contribution in [1.29, 1.82) is 0 Å². The van der Waals surface area contributed by atoms with Crippen LogP contribution < -0.4 is 5.73 Å². The summed E-state index contributed by atoms with van der Waals surface area (Å²) < 4.78 is 9.22. The van der Waals surface area contributed by atoms with E-state index in [-0.39, 0.29) is 18.9 Å². The van der Waals surface area contributed by atoms with Crippen LogP contribution in [0.25, 0.3) is 22.6 Å². The number of aliphatic hydroxyl groups is 1. The van der Waals surface area contributed by atoms with Crippen molar-refractivity contribution < 1.29 is 9.84 Å². The Bertz CT molecular complexity index is 856. The number of fused-ring (bicyclic) bond motifs is 1. The average Bonchev–Trinajstić information content (AvgIpc) is 3.24. The van der Waals surface area contributed by atoms with Gasteiger partial charge >= 0.3 is 0 Å². The Kier molecular flexibility index (Phi) is 3.24. The summed E-state index contributed by atoms with van der Waals surface area (Å²) in [5.74, 6) is 0.797. The number of aryl methyl sites for hydroxylation is 1. The van der Waals surface area contributed by atoms with Crippen molar-refractivity contribution in [2.45, 2.75) is 18.8 Å². The number of hydrogen-bond acceptors (Lipinski definition) is 7. The molecule has 2 unspecified atom stereocenters. The SMILES string of the molecule is Cn1cc(-c2nc(N)c3ncn(C4[CH]CC(CO)O4)c3n2)cn1. The highest BCUT2D eigenvalue weighted by atomic mass is 16.5. The number of aromatic nitrogens is 6. The Morgan fingerprint density at radius 1 is 1.43 bits per heavy atom. The average molecular weight is 314 g/mol. The molecule has 1 radical (unpaired) electrons. The van der Waals surface area contributed by atoms with Crippen molar-refractivity contribution >= 4 is 17.0 Å². The van der Waals surface area contributed by atoms with Crippen LogP contribution in [-0.2, 0) is 11.8 Å². The molecule has 1 fully saturated rings. The van der Waals surface area contributed by atoms with Crippen LogP contribution in [-0.4, -0.2) is 47.1 Å². The van der Waals surface area contributed by atoms with E-state index in [2.05, 4.69) is 20.1 Å². The van der Waals surface area contributed by atoms with E-state index in [4.69, 9.17) is 10.5 Å². The molecule has 1 saturated heterocycles. The molecule has 1 aliphatic heterocycles. The Labute approximate surface area is 131 Å². The number of nitrogens with zero attached hydrogens (tertiary/aromatic N) is 6. The lowest BCUT2D eigenvalue weighted by atomic mass is 10.2. The minimum atomic E-state index is -0.326. The molecule has 0 bridgehead atoms. The van der Waals surface area contributed by atoms with Gasteiger partial charge in [-0.05, 0) is 6.42 Å². The summed E-state index contributed by atoms with van der Waals surface area (Å²) in [5, 5.41) is 13.3. The zero-order valence-electron chi connectivity index (χ0n) is 12.5. The van der Waals surface area contributed by atoms with Crippen LogP contribution in [0.2, 0.25) is 0 Å². The normalized spacial score (nSPS) is 21.3. The lowest BCUT2D eigenvalue weighted by Gasteiger charge is -2.14. The standard InChI is InChI=1S/C14H16N7O2/c1-20-5-8(4-17-20)13-18-12(15)11-14(19-13)21(7-16-11)10-3-2-9(6-22)23-10/h3-5,7,9-10,22H,2,6H2,1H3,(H2,15,18,19). The fourth-order valence-corrected chi connectivity index (χ4v) is 2.66. The van der Waals surface area contributed by atoms with Crippen molar-refractivity contribution in [3.63, 3.8) is 0 Å². The lowest BCUT2D eigenvalue weighted by molar-refractivity contribution is -0.0140. The van der Waals surface area contributed by atoms with Crippen LogP contribution in [0.5, 0.6) is 0 Å². The quantitative estimate of drug-likeness (QED) is 0.713. The summed E-state index contributed by atoms with van der Waals surface area (Å²) >= 11 is 0. The monoisotopic (exact) mass is 314 g/mol. The van der Waals surface area contributed by atoms with Gasteiger partial charge in [-0.15, -0.1) is 0 Å². The van der Waals surface area contributed by atoms with E-state index < -0.39 is 0 Å². The topological polar surface area (TPSA) is 117 Å². The van der Waals surface area contributed by atoms with E-state index >= 15 is 0 Å². The van der Waals surface area contributed by atoms with E-state index in [1.165, 1.54) is 0 Å². The Hall–Kier alpha value is -2.52. The molecule has 9 heteroatoms. The summed E-state index contributed by atoms with van der Waals surface area (Å²) in [5.41, 5.74) is 7.92. The van der Waals surface area contributed by atoms with Gasteiger partial charge in [-0.2, -0.15) is 5.10 Å². The van der Waals surface area contributed by atoms with Crippen LogP contribution in [0.15, 0.2) is 18.7 Å². The van der Waals surface area contributed by atoms with Gasteiger partial charge in [0.2, 0.25) is 0 Å². The maximum atomic E-state index is 9.21. The summed E-state index contributed by atoms with van der Waals surface area (Å²) in [7, 11) is 1.83. The molecule has 3 N–H and O–H groups in total. The predicted molar refractivity (Wildman–Crippen MR) is 81.9 cm³/mol. The lowest BCUT2D eigenvalue weighted by Crippen LogP contribution is -2.14. The zero-order valence-corrected chi connectivity index (χ0v) is 12.5. The van der Waals surface area contributed by atoms with Gasteiger partial charge in [0, 0.05) is 19.7 Å². The van der Waals surface area contributed by atoms with Crippen LogP contribution in [0, 0.1) is 6.42 Å². The van der Waals surface area contributed by atoms with Crippen molar-refractivity contribution in [1.82, 2.24) is 29.3 Å². The van der Waals surface area contributed by atoms with Crippen LogP contribution in [0.1, 0.15) is 12.6 Å². The van der Waals surface area contributed by atoms with Crippen molar-refractivity contribution in [3.05, 3.63) is 25.1 Å². The maximum absolute atomic E-state index is 9.21. The molecule has 0 saturated carbocycles. The largest absolute Gasteiger partial charge is 0.394 e. The number of rotatable bonds is 3. The number of nitrogens with two attached hydrogens (primary N) is 1. The highest BCUT2D eigenvalue weighted by Gasteiger charge is 2.28. The van der Waals surface area contributed by atoms with E-state index in [1.807, 2.05) is 19.7 Å². The van der Waals surface area contributed by atoms with Crippen molar-refractivity contribution in [2.24, 2.45) is 7.05 Å². The van der Waals surface area contributed by atoms with E-state index in [1.54, 1.807) is 21.8 Å². The second-order valence-corrected chi connectivity index (χ2v) is 5.46. The van der Waals surface area contributed by atoms with E-state index in [0.717, 1.165) is 5.56 Å². The first kappa shape index (κ1) is 14.1. The van der Waals surface area contributed by atoms with Gasteiger partial charge in [-0.3, -0.25) is 9.25 Å². The summed E-state index contributed by atoms with van der Waals surface area (Å²) in [6.07, 6.45) is 7.26. The molecule has 4 rings (SSSR count). The minimum Gasteiger partial charge on any atom is -0.394 e. The zero-order chi connectivity index (χ0) is 16.0. The second kappa shape index (κ2) is 5.28. The molecule has 0 amide bonds. The predicted octanol–water partition coefficient (Wildman–Crippen LogP) is 0.293. The van der Waals surface area contributed by atoms with Crippen molar-refractivity contribution in [2.75, 3.05) is 12.3 Å². The molecule has 3 aromatic rings. The Morgan fingerprint density at radius 3 is 3.00 bits per heavy atom. The molecule has 9 nitrogen and oxygen atoms in total. The molecule has 0 aliphatic carbocycles. The molecule has 2 atom stereocenters. The molecule has 1 aliphatic rings. The highest BCUT2D eigenvalue weighted by Crippen LogP contribution is 2.31. The molecule has 0 spiro atoms. The fraction of sp³-hybridized carbons (Fsp3) is 0.357. The van der Waals surface area contributed by atoms with Gasteiger partial charge in [0.15, 0.2) is 17.3 Å². The van der Waals surface area contributed by atoms with Gasteiger partial charge in [0.25, 0.3) is 0 Å². The summed E-state index contributed by atoms with van der Waals surface area (Å²) in [6.45, 7) is -0.0162. The third-order valence-corrected chi connectivity index (χ3v) is 3.82. The second-order valence-electron chi connectivity index (χ2n) is 5.46. The fourth-order valence-electron chi connectivity index (χ4n) is 2.66. The van der Waals surface area contributed by atoms with E-state index in [9.17, 15) is 5.11 Å². The Morgan fingerprint density at radius 2 is 2.30 bits per heavy atom. The van der Waals surface area contributed by atoms with Gasteiger partial charge < -0.3 is 15.6 Å². The van der Waals surface area contributed by atoms with Crippen LogP contribution in [0.3, 0.4) is 0 Å². The number of nitrogen functional groups attached to an aromatic ring is 1. The smallest absolute Gasteiger partial charge is 0.168 e. The molecular formula is C14H16N7O2. The third-order valence-electron chi connectivity index (χ3n) is 3.82. The van der Waals surface area contributed by atoms with E-state index in [0.29, 0.717) is 29.2 Å². The number of ether oxygens (including phenoxy) is 1. The van der Waals surface area contributed by atoms with Crippen molar-refractivity contribution in [3.8, 4) is 11.4 Å². The molecule has 4 heterocycles. The minimum absolute atomic E-state index is 0.0162. The number of anilines is 1. The maximum Gasteiger partial charge on any atom is 0.168 e. The summed E-state index contributed by atoms with van der Waals surface area (Å²) in [6, 6.07) is 0. The van der Waals surface area contributed by atoms with Gasteiger partial charge in [0.05, 0.1) is 30.8 Å². The van der Waals surface area contributed by atoms with Gasteiger partial charge in [0.1, 0.15) is 11.7 Å². The molecule has 23 heavy (non-hydrogen) atoms. The highest BCUT2D eigenvalue weighted by molar-refractivity contribution is 5.83. The van der Waals surface area contributed by atoms with Crippen LogP contribution in [0.4, 0.5) is 5.82 Å². The molecular weight excluding hydrogens is 298 g/mol. The number of hydrogen-bond donors (Lipinski definition) is 2. The first-order valence-electron chi connectivity index (χ1n) is 7.24. The molecule has 119 valence electrons. The van der Waals surface area contributed by atoms with Crippen LogP contribution >= 0.6 is 0 Å². The first-order chi connectivity index (χ1) is 11.2. The summed E-state index contributed by atoms with van der Waals surface area (Å²) in [4.78, 5) is 13.2. The molecule has 3 aromatic heterocycles. The Balaban J connectivity index is 1.79. The van der Waals surface area contributed by atoms with Gasteiger partial charge in [-0.1, -0.05) is 0 Å². The number of aliphatic hydroxyl groups excluding tert-OH is 1. The number of imidazole rings is 1. The van der Waals surface area contributed by atoms with Gasteiger partial charge in [-0.25, -0.2) is 15.0 Å². The molecule has 0 aromatic carbocycles. The third kappa shape index (κ3) is 2.34.